The molecule has 0 aromatic heterocycles. The van der Waals surface area contributed by atoms with E-state index in [1.54, 1.807) is 0 Å². The summed E-state index contributed by atoms with van der Waals surface area (Å²) in [5, 5.41) is 8.82. The van der Waals surface area contributed by atoms with Crippen molar-refractivity contribution in [3.63, 3.8) is 0 Å². The summed E-state index contributed by atoms with van der Waals surface area (Å²) < 4.78 is 0. The summed E-state index contributed by atoms with van der Waals surface area (Å²) in [4.78, 5) is 25.3. The van der Waals surface area contributed by atoms with E-state index in [-0.39, 0.29) is 18.4 Å². The highest BCUT2D eigenvalue weighted by molar-refractivity contribution is 5.80. The molecule has 4 heteroatoms. The molecule has 0 spiro atoms. The minimum Gasteiger partial charge on any atom is -0.481 e. The fourth-order valence-electron chi connectivity index (χ4n) is 4.03. The molecule has 0 bridgehead atoms. The van der Waals surface area contributed by atoms with Crippen molar-refractivity contribution in [3.8, 4) is 0 Å². The smallest absolute Gasteiger partial charge is 0.303 e. The molecule has 1 N–H and O–H groups in total. The SMILES string of the molecule is O=C(O)CCC1CCCCN1C(=O)C1CC2CC2C1. The first kappa shape index (κ1) is 12.9. The van der Waals surface area contributed by atoms with E-state index >= 15 is 0 Å². The van der Waals surface area contributed by atoms with Gasteiger partial charge in [-0.3, -0.25) is 9.59 Å². The van der Waals surface area contributed by atoms with Crippen molar-refractivity contribution < 1.29 is 14.7 Å². The van der Waals surface area contributed by atoms with Crippen molar-refractivity contribution in [2.75, 3.05) is 6.54 Å². The third-order valence-electron chi connectivity index (χ3n) is 5.19. The summed E-state index contributed by atoms with van der Waals surface area (Å²) in [7, 11) is 0. The molecule has 106 valence electrons. The molecule has 1 heterocycles. The van der Waals surface area contributed by atoms with E-state index in [4.69, 9.17) is 5.11 Å². The Labute approximate surface area is 114 Å². The van der Waals surface area contributed by atoms with E-state index in [9.17, 15) is 9.59 Å². The van der Waals surface area contributed by atoms with Gasteiger partial charge < -0.3 is 10.0 Å². The van der Waals surface area contributed by atoms with Crippen LogP contribution in [-0.2, 0) is 9.59 Å². The Bertz CT molecular complexity index is 372. The maximum atomic E-state index is 12.6. The largest absolute Gasteiger partial charge is 0.481 e. The lowest BCUT2D eigenvalue weighted by Crippen LogP contribution is -2.46. The van der Waals surface area contributed by atoms with Gasteiger partial charge in [-0.1, -0.05) is 0 Å². The quantitative estimate of drug-likeness (QED) is 0.848. The molecule has 19 heavy (non-hydrogen) atoms. The number of carbonyl (C=O) groups is 2. The average Bonchev–Trinajstić information content (AvgIpc) is 3.02. The van der Waals surface area contributed by atoms with Gasteiger partial charge in [0.05, 0.1) is 0 Å². The third-order valence-corrected chi connectivity index (χ3v) is 5.19. The highest BCUT2D eigenvalue weighted by atomic mass is 16.4. The maximum Gasteiger partial charge on any atom is 0.303 e. The molecule has 1 aliphatic heterocycles. The van der Waals surface area contributed by atoms with Crippen LogP contribution in [0.25, 0.3) is 0 Å². The van der Waals surface area contributed by atoms with Gasteiger partial charge in [0.1, 0.15) is 0 Å². The first-order valence-corrected chi connectivity index (χ1v) is 7.67. The van der Waals surface area contributed by atoms with Gasteiger partial charge in [0, 0.05) is 24.9 Å². The van der Waals surface area contributed by atoms with Crippen LogP contribution in [0.2, 0.25) is 0 Å². The molecule has 0 aromatic carbocycles. The van der Waals surface area contributed by atoms with Crippen LogP contribution in [0.1, 0.15) is 51.4 Å². The molecule has 2 saturated carbocycles. The van der Waals surface area contributed by atoms with Crippen LogP contribution in [0, 0.1) is 17.8 Å². The van der Waals surface area contributed by atoms with Gasteiger partial charge in [0.25, 0.3) is 0 Å². The zero-order valence-electron chi connectivity index (χ0n) is 11.4. The number of amides is 1. The molecule has 3 atom stereocenters. The van der Waals surface area contributed by atoms with Crippen LogP contribution >= 0.6 is 0 Å². The minimum absolute atomic E-state index is 0.175. The Kier molecular flexibility index (Phi) is 3.50. The monoisotopic (exact) mass is 265 g/mol. The first-order chi connectivity index (χ1) is 9.15. The standard InChI is InChI=1S/C15H23NO3/c17-14(18)5-4-13-3-1-2-6-16(13)15(19)12-8-10-7-11(10)9-12/h10-13H,1-9H2,(H,17,18). The summed E-state index contributed by atoms with van der Waals surface area (Å²) in [5.41, 5.74) is 0. The Balaban J connectivity index is 1.59. The van der Waals surface area contributed by atoms with Crippen LogP contribution < -0.4 is 0 Å². The minimum atomic E-state index is -0.750. The van der Waals surface area contributed by atoms with Crippen molar-refractivity contribution in [2.24, 2.45) is 17.8 Å². The van der Waals surface area contributed by atoms with Gasteiger partial charge in [-0.05, 0) is 56.8 Å². The number of hydrogen-bond donors (Lipinski definition) is 1. The molecule has 3 aliphatic rings. The van der Waals surface area contributed by atoms with Crippen LogP contribution in [0.4, 0.5) is 0 Å². The lowest BCUT2D eigenvalue weighted by Gasteiger charge is -2.37. The fraction of sp³-hybridized carbons (Fsp3) is 0.867. The van der Waals surface area contributed by atoms with Gasteiger partial charge in [-0.25, -0.2) is 0 Å². The fourth-order valence-corrected chi connectivity index (χ4v) is 4.03. The highest BCUT2D eigenvalue weighted by Gasteiger charge is 2.49. The van der Waals surface area contributed by atoms with Crippen LogP contribution in [0.5, 0.6) is 0 Å². The van der Waals surface area contributed by atoms with Gasteiger partial charge in [-0.2, -0.15) is 0 Å². The zero-order chi connectivity index (χ0) is 13.4. The van der Waals surface area contributed by atoms with Crippen molar-refractivity contribution in [2.45, 2.75) is 57.4 Å². The third kappa shape index (κ3) is 2.77. The molecular formula is C15H23NO3. The summed E-state index contributed by atoms with van der Waals surface area (Å²) in [6, 6.07) is 0.175. The molecule has 1 saturated heterocycles. The molecule has 2 aliphatic carbocycles. The van der Waals surface area contributed by atoms with Crippen LogP contribution in [0.3, 0.4) is 0 Å². The summed E-state index contributed by atoms with van der Waals surface area (Å²) in [6.45, 7) is 0.842. The Morgan fingerprint density at radius 3 is 2.53 bits per heavy atom. The topological polar surface area (TPSA) is 57.6 Å². The number of carboxylic acids is 1. The second-order valence-electron chi connectivity index (χ2n) is 6.54. The van der Waals surface area contributed by atoms with Crippen molar-refractivity contribution in [1.82, 2.24) is 4.90 Å². The predicted molar refractivity (Wildman–Crippen MR) is 70.5 cm³/mol. The van der Waals surface area contributed by atoms with E-state index in [2.05, 4.69) is 0 Å². The van der Waals surface area contributed by atoms with Crippen LogP contribution in [0.15, 0.2) is 0 Å². The molecular weight excluding hydrogens is 242 g/mol. The number of aliphatic carboxylic acids is 1. The average molecular weight is 265 g/mol. The molecule has 4 nitrogen and oxygen atoms in total. The van der Waals surface area contributed by atoms with E-state index in [1.807, 2.05) is 4.90 Å². The number of hydrogen-bond acceptors (Lipinski definition) is 2. The molecule has 0 radical (unpaired) electrons. The molecule has 3 unspecified atom stereocenters. The number of piperidine rings is 1. The summed E-state index contributed by atoms with van der Waals surface area (Å²) in [5.74, 6) is 1.48. The Morgan fingerprint density at radius 1 is 1.11 bits per heavy atom. The summed E-state index contributed by atoms with van der Waals surface area (Å²) >= 11 is 0. The molecule has 3 rings (SSSR count). The van der Waals surface area contributed by atoms with Crippen LogP contribution in [-0.4, -0.2) is 34.5 Å². The second-order valence-corrected chi connectivity index (χ2v) is 6.54. The normalized spacial score (nSPS) is 36.9. The molecule has 0 aromatic rings. The van der Waals surface area contributed by atoms with Gasteiger partial charge in [0.2, 0.25) is 5.91 Å². The Hall–Kier alpha value is -1.06. The lowest BCUT2D eigenvalue weighted by molar-refractivity contribution is -0.142. The number of likely N-dealkylation sites (tertiary alicyclic amines) is 1. The Morgan fingerprint density at radius 2 is 1.84 bits per heavy atom. The van der Waals surface area contributed by atoms with Crippen molar-refractivity contribution in [3.05, 3.63) is 0 Å². The van der Waals surface area contributed by atoms with E-state index in [0.29, 0.717) is 12.3 Å². The molecule has 1 amide bonds. The predicted octanol–water partition coefficient (Wildman–Crippen LogP) is 2.28. The second kappa shape index (κ2) is 5.14. The number of carbonyl (C=O) groups excluding carboxylic acids is 1. The van der Waals surface area contributed by atoms with E-state index in [1.165, 1.54) is 6.42 Å². The maximum absolute atomic E-state index is 12.6. The number of carboxylic acid groups (broad SMARTS) is 1. The highest BCUT2D eigenvalue weighted by Crippen LogP contribution is 2.54. The van der Waals surface area contributed by atoms with E-state index < -0.39 is 5.97 Å². The number of rotatable bonds is 4. The zero-order valence-corrected chi connectivity index (χ0v) is 11.4. The molecule has 3 fully saturated rings. The van der Waals surface area contributed by atoms with Crippen molar-refractivity contribution >= 4 is 11.9 Å². The number of fused-ring (bicyclic) bond motifs is 1. The van der Waals surface area contributed by atoms with Gasteiger partial charge in [0.15, 0.2) is 0 Å². The van der Waals surface area contributed by atoms with Gasteiger partial charge in [-0.15, -0.1) is 0 Å². The summed E-state index contributed by atoms with van der Waals surface area (Å²) in [6.07, 6.45) is 7.52. The van der Waals surface area contributed by atoms with E-state index in [0.717, 1.165) is 50.5 Å². The number of nitrogens with zero attached hydrogens (tertiary/aromatic N) is 1. The lowest BCUT2D eigenvalue weighted by atomic mass is 9.94. The van der Waals surface area contributed by atoms with Gasteiger partial charge >= 0.3 is 5.97 Å². The first-order valence-electron chi connectivity index (χ1n) is 7.67. The van der Waals surface area contributed by atoms with Crippen molar-refractivity contribution in [1.29, 1.82) is 0 Å².